The van der Waals surface area contributed by atoms with Crippen LogP contribution in [0.1, 0.15) is 24.1 Å². The maximum atomic E-state index is 13.5. The van der Waals surface area contributed by atoms with Crippen LogP contribution in [-0.4, -0.2) is 28.0 Å². The number of aliphatic hydroxyl groups excluding tert-OH is 1. The summed E-state index contributed by atoms with van der Waals surface area (Å²) in [7, 11) is 1.90. The van der Waals surface area contributed by atoms with Crippen LogP contribution < -0.4 is 9.64 Å². The molecule has 1 unspecified atom stereocenters. The lowest BCUT2D eigenvalue weighted by molar-refractivity contribution is -0.132. The first-order valence-electron chi connectivity index (χ1n) is 11.3. The number of ether oxygens (including phenoxy) is 1. The van der Waals surface area contributed by atoms with Gasteiger partial charge in [0.2, 0.25) is 0 Å². The van der Waals surface area contributed by atoms with Crippen LogP contribution in [0.25, 0.3) is 16.7 Å². The number of anilines is 1. The van der Waals surface area contributed by atoms with Crippen LogP contribution in [0.4, 0.5) is 5.69 Å². The van der Waals surface area contributed by atoms with Crippen LogP contribution in [0.2, 0.25) is 10.0 Å². The zero-order valence-electron chi connectivity index (χ0n) is 19.5. The summed E-state index contributed by atoms with van der Waals surface area (Å²) in [6.45, 7) is 2.20. The minimum Gasteiger partial charge on any atom is -0.507 e. The van der Waals surface area contributed by atoms with Crippen LogP contribution in [-0.2, 0) is 16.6 Å². The van der Waals surface area contributed by atoms with Crippen molar-refractivity contribution in [3.63, 3.8) is 0 Å². The first kappa shape index (κ1) is 24.0. The fraction of sp³-hybridized carbons (Fsp3) is 0.143. The Hall–Kier alpha value is -3.74. The third kappa shape index (κ3) is 3.92. The number of amides is 1. The summed E-state index contributed by atoms with van der Waals surface area (Å²) in [5, 5.41) is 13.2. The second kappa shape index (κ2) is 9.37. The van der Waals surface area contributed by atoms with E-state index in [9.17, 15) is 14.7 Å². The van der Waals surface area contributed by atoms with E-state index in [0.29, 0.717) is 39.2 Å². The van der Waals surface area contributed by atoms with E-state index < -0.39 is 17.7 Å². The molecular weight excluding hydrogens is 499 g/mol. The van der Waals surface area contributed by atoms with Gasteiger partial charge in [0.05, 0.1) is 23.2 Å². The number of para-hydroxylation sites is 1. The molecule has 1 aliphatic heterocycles. The van der Waals surface area contributed by atoms with Crippen molar-refractivity contribution in [3.05, 3.63) is 99.7 Å². The molecule has 0 bridgehead atoms. The van der Waals surface area contributed by atoms with Gasteiger partial charge < -0.3 is 14.4 Å². The number of ketones is 1. The largest absolute Gasteiger partial charge is 0.507 e. The molecule has 0 spiro atoms. The highest BCUT2D eigenvalue weighted by Crippen LogP contribution is 2.45. The standard InChI is InChI=1S/C28H22Cl2N2O4/c1-3-36-23-14-16(8-13-21(23)30)26(33)24-25(20-15-31(2)22-7-5-4-6-19(20)22)32(28(35)27(24)34)18-11-9-17(29)10-12-18/h4-15,25,33H,3H2,1-2H3/b26-24+. The molecule has 3 aromatic carbocycles. The molecule has 36 heavy (non-hydrogen) atoms. The van der Waals surface area contributed by atoms with Gasteiger partial charge in [0.15, 0.2) is 0 Å². The van der Waals surface area contributed by atoms with Crippen molar-refractivity contribution < 1.29 is 19.4 Å². The lowest BCUT2D eigenvalue weighted by atomic mass is 9.94. The molecule has 0 saturated carbocycles. The molecule has 1 saturated heterocycles. The Kier molecular flexibility index (Phi) is 6.24. The van der Waals surface area contributed by atoms with Gasteiger partial charge in [0.25, 0.3) is 11.7 Å². The smallest absolute Gasteiger partial charge is 0.300 e. The van der Waals surface area contributed by atoms with E-state index in [1.165, 1.54) is 4.90 Å². The summed E-state index contributed by atoms with van der Waals surface area (Å²) in [5.74, 6) is -1.46. The average molecular weight is 521 g/mol. The van der Waals surface area contributed by atoms with Gasteiger partial charge in [-0.15, -0.1) is 0 Å². The zero-order chi connectivity index (χ0) is 25.6. The van der Waals surface area contributed by atoms with Gasteiger partial charge in [0.1, 0.15) is 11.5 Å². The van der Waals surface area contributed by atoms with Gasteiger partial charge in [-0.05, 0) is 55.5 Å². The third-order valence-corrected chi connectivity index (χ3v) is 6.84. The molecule has 1 fully saturated rings. The molecule has 4 aromatic rings. The van der Waals surface area contributed by atoms with Crippen molar-refractivity contribution in [2.75, 3.05) is 11.5 Å². The number of fused-ring (bicyclic) bond motifs is 1. The maximum absolute atomic E-state index is 13.5. The molecule has 0 radical (unpaired) electrons. The van der Waals surface area contributed by atoms with Gasteiger partial charge in [-0.25, -0.2) is 0 Å². The lowest BCUT2D eigenvalue weighted by Crippen LogP contribution is -2.29. The summed E-state index contributed by atoms with van der Waals surface area (Å²) in [6.07, 6.45) is 1.88. The van der Waals surface area contributed by atoms with Gasteiger partial charge in [-0.1, -0.05) is 41.4 Å². The normalized spacial score (nSPS) is 17.2. The molecular formula is C28H22Cl2N2O4. The Bertz CT molecular complexity index is 1540. The second-order valence-corrected chi connectivity index (χ2v) is 9.28. The summed E-state index contributed by atoms with van der Waals surface area (Å²) < 4.78 is 7.50. The molecule has 1 N–H and O–H groups in total. The lowest BCUT2D eigenvalue weighted by Gasteiger charge is -2.25. The van der Waals surface area contributed by atoms with Crippen molar-refractivity contribution in [3.8, 4) is 5.75 Å². The molecule has 2 heterocycles. The number of aromatic nitrogens is 1. The number of carbonyl (C=O) groups excluding carboxylic acids is 2. The van der Waals surface area contributed by atoms with Crippen molar-refractivity contribution in [1.29, 1.82) is 0 Å². The predicted octanol–water partition coefficient (Wildman–Crippen LogP) is 6.51. The highest BCUT2D eigenvalue weighted by Gasteiger charge is 2.48. The van der Waals surface area contributed by atoms with Crippen molar-refractivity contribution in [1.82, 2.24) is 4.57 Å². The first-order valence-corrected chi connectivity index (χ1v) is 12.1. The highest BCUT2D eigenvalue weighted by molar-refractivity contribution is 6.52. The Morgan fingerprint density at radius 1 is 1.03 bits per heavy atom. The maximum Gasteiger partial charge on any atom is 0.300 e. The third-order valence-electron chi connectivity index (χ3n) is 6.28. The van der Waals surface area contributed by atoms with Crippen LogP contribution >= 0.6 is 23.2 Å². The number of hydrogen-bond acceptors (Lipinski definition) is 4. The molecule has 0 aliphatic carbocycles. The van der Waals surface area contributed by atoms with Gasteiger partial charge in [-0.2, -0.15) is 0 Å². The van der Waals surface area contributed by atoms with Gasteiger partial charge >= 0.3 is 0 Å². The summed E-state index contributed by atoms with van der Waals surface area (Å²) in [5.41, 5.74) is 2.44. The minimum absolute atomic E-state index is 0.0175. The fourth-order valence-electron chi connectivity index (χ4n) is 4.66. The van der Waals surface area contributed by atoms with Gasteiger partial charge in [-0.3, -0.25) is 14.5 Å². The van der Waals surface area contributed by atoms with Crippen LogP contribution in [0.15, 0.2) is 78.5 Å². The van der Waals surface area contributed by atoms with E-state index in [-0.39, 0.29) is 11.3 Å². The van der Waals surface area contributed by atoms with E-state index in [1.807, 2.05) is 49.0 Å². The number of rotatable bonds is 5. The quantitative estimate of drug-likeness (QED) is 0.185. The molecule has 8 heteroatoms. The van der Waals surface area contributed by atoms with E-state index in [4.69, 9.17) is 27.9 Å². The monoisotopic (exact) mass is 520 g/mol. The molecule has 5 rings (SSSR count). The van der Waals surface area contributed by atoms with Crippen molar-refractivity contribution in [2.24, 2.45) is 7.05 Å². The topological polar surface area (TPSA) is 71.8 Å². The average Bonchev–Trinajstić information content (AvgIpc) is 3.34. The highest BCUT2D eigenvalue weighted by atomic mass is 35.5. The molecule has 1 aromatic heterocycles. The second-order valence-electron chi connectivity index (χ2n) is 8.44. The van der Waals surface area contributed by atoms with E-state index in [0.717, 1.165) is 10.9 Å². The Morgan fingerprint density at radius 3 is 2.47 bits per heavy atom. The van der Waals surface area contributed by atoms with E-state index in [1.54, 1.807) is 42.5 Å². The summed E-state index contributed by atoms with van der Waals surface area (Å²) in [4.78, 5) is 28.3. The molecule has 1 aliphatic rings. The first-order chi connectivity index (χ1) is 17.3. The Balaban J connectivity index is 1.78. The predicted molar refractivity (Wildman–Crippen MR) is 142 cm³/mol. The van der Waals surface area contributed by atoms with Crippen molar-refractivity contribution in [2.45, 2.75) is 13.0 Å². The minimum atomic E-state index is -0.872. The zero-order valence-corrected chi connectivity index (χ0v) is 21.0. The fourth-order valence-corrected chi connectivity index (χ4v) is 4.96. The molecule has 182 valence electrons. The Morgan fingerprint density at radius 2 is 1.75 bits per heavy atom. The number of aliphatic hydroxyl groups is 1. The number of aryl methyl sites for hydroxylation is 1. The van der Waals surface area contributed by atoms with Crippen LogP contribution in [0.3, 0.4) is 0 Å². The number of nitrogens with zero attached hydrogens (tertiary/aromatic N) is 2. The number of carbonyl (C=O) groups is 2. The number of hydrogen-bond donors (Lipinski definition) is 1. The number of Topliss-reactive ketones (excluding diaryl/α,β-unsaturated/α-hetero) is 1. The SMILES string of the molecule is CCOc1cc(/C(O)=C2\C(=O)C(=O)N(c3ccc(Cl)cc3)C2c2cn(C)c3ccccc23)ccc1Cl. The summed E-state index contributed by atoms with van der Waals surface area (Å²) in [6, 6.07) is 18.3. The molecule has 6 nitrogen and oxygen atoms in total. The molecule has 1 amide bonds. The Labute approximate surface area is 217 Å². The number of benzene rings is 3. The van der Waals surface area contributed by atoms with Crippen molar-refractivity contribution >= 4 is 57.2 Å². The van der Waals surface area contributed by atoms with E-state index in [2.05, 4.69) is 0 Å². The molecule has 1 atom stereocenters. The van der Waals surface area contributed by atoms with Crippen LogP contribution in [0, 0.1) is 0 Å². The van der Waals surface area contributed by atoms with Crippen LogP contribution in [0.5, 0.6) is 5.75 Å². The van der Waals surface area contributed by atoms with E-state index >= 15 is 0 Å². The number of halogens is 2. The summed E-state index contributed by atoms with van der Waals surface area (Å²) >= 11 is 12.3. The van der Waals surface area contributed by atoms with Gasteiger partial charge in [0, 0.05) is 46.0 Å².